The standard InChI is InChI=1S/C51H35NO/c1-50(2)47-37(22-15-23-39(47)45-31-34(32-16-5-3-6-17-32)30-44(52-45)33-18-7-4-8-19-33)38-28-29-43-49(48(38)50)53-46-27-14-13-26-42(46)51(43)40-24-11-9-20-35(40)36-21-10-12-25-41(36)51/h3-31H,1-2H3. The van der Waals surface area contributed by atoms with Gasteiger partial charge in [-0.15, -0.1) is 0 Å². The van der Waals surface area contributed by atoms with Crippen LogP contribution in [0.2, 0.25) is 0 Å². The van der Waals surface area contributed by atoms with Gasteiger partial charge in [-0.25, -0.2) is 4.98 Å². The van der Waals surface area contributed by atoms with Crippen molar-refractivity contribution in [2.75, 3.05) is 0 Å². The lowest BCUT2D eigenvalue weighted by Crippen LogP contribution is -2.33. The van der Waals surface area contributed by atoms with Gasteiger partial charge in [0.05, 0.1) is 16.8 Å². The summed E-state index contributed by atoms with van der Waals surface area (Å²) in [5.74, 6) is 1.88. The van der Waals surface area contributed by atoms with E-state index in [0.29, 0.717) is 0 Å². The van der Waals surface area contributed by atoms with Gasteiger partial charge in [-0.2, -0.15) is 0 Å². The van der Waals surface area contributed by atoms with Gasteiger partial charge in [0.15, 0.2) is 0 Å². The number of pyridine rings is 1. The molecule has 0 saturated carbocycles. The van der Waals surface area contributed by atoms with E-state index in [-0.39, 0.29) is 0 Å². The van der Waals surface area contributed by atoms with Crippen LogP contribution in [0.3, 0.4) is 0 Å². The molecular formula is C51H35NO. The second-order valence-electron chi connectivity index (χ2n) is 15.0. The Kier molecular flexibility index (Phi) is 6.25. The fourth-order valence-electron chi connectivity index (χ4n) is 9.78. The number of fused-ring (bicyclic) bond motifs is 13. The van der Waals surface area contributed by atoms with Crippen molar-refractivity contribution in [2.24, 2.45) is 0 Å². The normalized spacial score (nSPS) is 14.7. The number of nitrogens with zero attached hydrogens (tertiary/aromatic N) is 1. The molecule has 1 aromatic heterocycles. The molecule has 2 aliphatic carbocycles. The molecule has 2 heteroatoms. The van der Waals surface area contributed by atoms with Crippen LogP contribution in [0.5, 0.6) is 11.5 Å². The number of para-hydroxylation sites is 1. The van der Waals surface area contributed by atoms with E-state index < -0.39 is 10.8 Å². The maximum Gasteiger partial charge on any atom is 0.136 e. The van der Waals surface area contributed by atoms with Gasteiger partial charge in [-0.3, -0.25) is 0 Å². The molecule has 1 spiro atoms. The Labute approximate surface area is 310 Å². The summed E-state index contributed by atoms with van der Waals surface area (Å²) in [7, 11) is 0. The molecule has 0 fully saturated rings. The lowest BCUT2D eigenvalue weighted by molar-refractivity contribution is 0.423. The van der Waals surface area contributed by atoms with Gasteiger partial charge in [0.2, 0.25) is 0 Å². The molecule has 7 aromatic carbocycles. The third kappa shape index (κ3) is 4.06. The molecule has 53 heavy (non-hydrogen) atoms. The first kappa shape index (κ1) is 30.1. The van der Waals surface area contributed by atoms with Gasteiger partial charge >= 0.3 is 0 Å². The summed E-state index contributed by atoms with van der Waals surface area (Å²) in [6.45, 7) is 4.74. The van der Waals surface area contributed by atoms with Gasteiger partial charge in [-0.05, 0) is 68.3 Å². The van der Waals surface area contributed by atoms with E-state index in [4.69, 9.17) is 9.72 Å². The average Bonchev–Trinajstić information content (AvgIpc) is 3.64. The molecular weight excluding hydrogens is 643 g/mol. The first-order chi connectivity index (χ1) is 26.0. The molecule has 1 aliphatic heterocycles. The van der Waals surface area contributed by atoms with Crippen LogP contribution in [0.4, 0.5) is 0 Å². The van der Waals surface area contributed by atoms with E-state index in [2.05, 4.69) is 190 Å². The van der Waals surface area contributed by atoms with Crippen molar-refractivity contribution in [1.82, 2.24) is 4.98 Å². The zero-order chi connectivity index (χ0) is 35.3. The third-order valence-electron chi connectivity index (χ3n) is 11.9. The molecule has 250 valence electrons. The molecule has 3 aliphatic rings. The number of aromatic nitrogens is 1. The van der Waals surface area contributed by atoms with Gasteiger partial charge < -0.3 is 4.74 Å². The van der Waals surface area contributed by atoms with Crippen LogP contribution >= 0.6 is 0 Å². The van der Waals surface area contributed by atoms with E-state index >= 15 is 0 Å². The van der Waals surface area contributed by atoms with E-state index in [0.717, 1.165) is 39.6 Å². The molecule has 0 N–H and O–H groups in total. The highest BCUT2D eigenvalue weighted by Gasteiger charge is 2.53. The summed E-state index contributed by atoms with van der Waals surface area (Å²) in [6, 6.07) is 63.6. The maximum absolute atomic E-state index is 7.19. The van der Waals surface area contributed by atoms with Crippen LogP contribution in [0.1, 0.15) is 47.2 Å². The van der Waals surface area contributed by atoms with Gasteiger partial charge in [0, 0.05) is 33.2 Å². The molecule has 2 nitrogen and oxygen atoms in total. The molecule has 8 aromatic rings. The fraction of sp³-hybridized carbons (Fsp3) is 0.0784. The second-order valence-corrected chi connectivity index (χ2v) is 15.0. The molecule has 11 rings (SSSR count). The van der Waals surface area contributed by atoms with Crippen LogP contribution < -0.4 is 4.74 Å². The zero-order valence-electron chi connectivity index (χ0n) is 29.6. The van der Waals surface area contributed by atoms with Crippen LogP contribution in [0.15, 0.2) is 176 Å². The van der Waals surface area contributed by atoms with Crippen molar-refractivity contribution in [1.29, 1.82) is 0 Å². The van der Waals surface area contributed by atoms with E-state index in [9.17, 15) is 0 Å². The number of hydrogen-bond donors (Lipinski definition) is 0. The van der Waals surface area contributed by atoms with Crippen molar-refractivity contribution in [3.05, 3.63) is 209 Å². The third-order valence-corrected chi connectivity index (χ3v) is 11.9. The number of rotatable bonds is 3. The summed E-state index contributed by atoms with van der Waals surface area (Å²) in [5.41, 5.74) is 18.2. The Balaban J connectivity index is 1.16. The first-order valence-electron chi connectivity index (χ1n) is 18.5. The molecule has 0 unspecified atom stereocenters. The fourth-order valence-corrected chi connectivity index (χ4v) is 9.78. The number of benzene rings is 7. The summed E-state index contributed by atoms with van der Waals surface area (Å²) < 4.78 is 7.19. The van der Waals surface area contributed by atoms with Gasteiger partial charge in [0.1, 0.15) is 11.5 Å². The highest BCUT2D eigenvalue weighted by atomic mass is 16.5. The molecule has 2 heterocycles. The van der Waals surface area contributed by atoms with Crippen molar-refractivity contribution in [3.8, 4) is 67.4 Å². The van der Waals surface area contributed by atoms with E-state index in [1.54, 1.807) is 0 Å². The minimum Gasteiger partial charge on any atom is -0.456 e. The predicted octanol–water partition coefficient (Wildman–Crippen LogP) is 12.9. The number of ether oxygens (including phenoxy) is 1. The summed E-state index contributed by atoms with van der Waals surface area (Å²) in [6.07, 6.45) is 0. The quantitative estimate of drug-likeness (QED) is 0.186. The average molecular weight is 678 g/mol. The molecule has 0 saturated heterocycles. The lowest BCUT2D eigenvalue weighted by Gasteiger charge is -2.41. The van der Waals surface area contributed by atoms with Gasteiger partial charge in [0.25, 0.3) is 0 Å². The highest BCUT2D eigenvalue weighted by Crippen LogP contribution is 2.66. The summed E-state index contributed by atoms with van der Waals surface area (Å²) in [4.78, 5) is 5.40. The maximum atomic E-state index is 7.19. The largest absolute Gasteiger partial charge is 0.456 e. The first-order valence-corrected chi connectivity index (χ1v) is 18.5. The van der Waals surface area contributed by atoms with Crippen LogP contribution in [0, 0.1) is 0 Å². The highest BCUT2D eigenvalue weighted by molar-refractivity contribution is 5.94. The Morgan fingerprint density at radius 2 is 0.943 bits per heavy atom. The topological polar surface area (TPSA) is 22.1 Å². The van der Waals surface area contributed by atoms with Crippen LogP contribution in [0.25, 0.3) is 55.9 Å². The zero-order valence-corrected chi connectivity index (χ0v) is 29.6. The minimum atomic E-state index is -0.504. The SMILES string of the molecule is CC1(C)c2c(-c3cc(-c4ccccc4)cc(-c4ccccc4)n3)cccc2-c2ccc3c(c21)Oc1ccccc1C31c2ccccc2-c2ccccc21. The van der Waals surface area contributed by atoms with Crippen LogP contribution in [-0.2, 0) is 10.8 Å². The Morgan fingerprint density at radius 1 is 0.396 bits per heavy atom. The summed E-state index contributed by atoms with van der Waals surface area (Å²) >= 11 is 0. The molecule has 0 atom stereocenters. The van der Waals surface area contributed by atoms with Crippen molar-refractivity contribution < 1.29 is 4.74 Å². The lowest BCUT2D eigenvalue weighted by atomic mass is 9.65. The van der Waals surface area contributed by atoms with Crippen molar-refractivity contribution in [3.63, 3.8) is 0 Å². The molecule has 0 radical (unpaired) electrons. The Morgan fingerprint density at radius 3 is 1.66 bits per heavy atom. The van der Waals surface area contributed by atoms with E-state index in [1.165, 1.54) is 61.2 Å². The van der Waals surface area contributed by atoms with E-state index in [1.807, 2.05) is 0 Å². The summed E-state index contributed by atoms with van der Waals surface area (Å²) in [5, 5.41) is 0. The Hall–Kier alpha value is -6.51. The monoisotopic (exact) mass is 677 g/mol. The Bertz CT molecular complexity index is 2670. The van der Waals surface area contributed by atoms with Crippen LogP contribution in [-0.4, -0.2) is 4.98 Å². The van der Waals surface area contributed by atoms with Crippen molar-refractivity contribution >= 4 is 0 Å². The van der Waals surface area contributed by atoms with Gasteiger partial charge in [-0.1, -0.05) is 172 Å². The second kappa shape index (κ2) is 11.0. The molecule has 0 amide bonds. The number of hydrogen-bond acceptors (Lipinski definition) is 2. The van der Waals surface area contributed by atoms with Crippen molar-refractivity contribution in [2.45, 2.75) is 24.7 Å². The predicted molar refractivity (Wildman–Crippen MR) is 215 cm³/mol. The smallest absolute Gasteiger partial charge is 0.136 e. The molecule has 0 bridgehead atoms. The minimum absolute atomic E-state index is 0.394.